The molecule has 0 saturated heterocycles. The molecule has 0 saturated carbocycles. The van der Waals surface area contributed by atoms with Crippen LogP contribution in [0.3, 0.4) is 0 Å². The molecule has 2 atom stereocenters. The van der Waals surface area contributed by atoms with Gasteiger partial charge in [-0.1, -0.05) is 170 Å². The minimum atomic E-state index is -4.64. The molecule has 0 spiro atoms. The number of esters is 2. The smallest absolute Gasteiger partial charge is 0.306 e. The fourth-order valence-corrected chi connectivity index (χ4v) is 7.11. The molecule has 0 bridgehead atoms. The number of allylic oxidation sites excluding steroid dienone is 12. The summed E-state index contributed by atoms with van der Waals surface area (Å²) < 4.78 is 34.0. The largest absolute Gasteiger partial charge is 0.756 e. The lowest BCUT2D eigenvalue weighted by atomic mass is 10.1. The van der Waals surface area contributed by atoms with Crippen LogP contribution in [0.15, 0.2) is 72.9 Å². The number of rotatable bonds is 44. The van der Waals surface area contributed by atoms with Gasteiger partial charge in [-0.3, -0.25) is 14.2 Å². The summed E-state index contributed by atoms with van der Waals surface area (Å²) in [6, 6.07) is 0. The molecular weight excluding hydrogens is 798 g/mol. The fraction of sp³-hybridized carbons (Fsp3) is 0.731. The number of phosphoric ester groups is 1. The molecule has 1 unspecified atom stereocenters. The highest BCUT2D eigenvalue weighted by Crippen LogP contribution is 2.38. The molecule has 0 amide bonds. The van der Waals surface area contributed by atoms with E-state index in [1.807, 2.05) is 21.1 Å². The summed E-state index contributed by atoms with van der Waals surface area (Å²) in [6.45, 7) is 4.07. The van der Waals surface area contributed by atoms with Crippen LogP contribution in [0, 0.1) is 0 Å². The average molecular weight is 890 g/mol. The Hall–Kier alpha value is -2.55. The summed E-state index contributed by atoms with van der Waals surface area (Å²) in [6.07, 6.45) is 55.0. The summed E-state index contributed by atoms with van der Waals surface area (Å²) in [5.74, 6) is -0.876. The first-order valence-electron chi connectivity index (χ1n) is 24.6. The minimum Gasteiger partial charge on any atom is -0.756 e. The van der Waals surface area contributed by atoms with Gasteiger partial charge in [-0.15, -0.1) is 0 Å². The molecule has 9 nitrogen and oxygen atoms in total. The molecule has 0 rings (SSSR count). The van der Waals surface area contributed by atoms with Crippen molar-refractivity contribution in [1.82, 2.24) is 0 Å². The Labute approximate surface area is 380 Å². The summed E-state index contributed by atoms with van der Waals surface area (Å²) in [7, 11) is 1.14. The van der Waals surface area contributed by atoms with E-state index < -0.39 is 32.5 Å². The van der Waals surface area contributed by atoms with E-state index in [0.29, 0.717) is 23.9 Å². The van der Waals surface area contributed by atoms with Crippen LogP contribution >= 0.6 is 7.82 Å². The number of quaternary nitrogens is 1. The van der Waals surface area contributed by atoms with Crippen molar-refractivity contribution in [3.8, 4) is 0 Å². The number of phosphoric acid groups is 1. The van der Waals surface area contributed by atoms with Crippen LogP contribution in [0.1, 0.15) is 194 Å². The van der Waals surface area contributed by atoms with Crippen LogP contribution < -0.4 is 4.89 Å². The van der Waals surface area contributed by atoms with E-state index in [1.165, 1.54) is 83.5 Å². The van der Waals surface area contributed by atoms with Crippen molar-refractivity contribution < 1.29 is 42.1 Å². The van der Waals surface area contributed by atoms with Crippen LogP contribution in [-0.2, 0) is 32.7 Å². The predicted molar refractivity (Wildman–Crippen MR) is 259 cm³/mol. The summed E-state index contributed by atoms with van der Waals surface area (Å²) in [5.41, 5.74) is 0. The first-order chi connectivity index (χ1) is 30.0. The topological polar surface area (TPSA) is 111 Å². The molecule has 0 radical (unpaired) electrons. The molecule has 358 valence electrons. The van der Waals surface area contributed by atoms with E-state index in [1.54, 1.807) is 0 Å². The Morgan fingerprint density at radius 1 is 0.516 bits per heavy atom. The van der Waals surface area contributed by atoms with Crippen molar-refractivity contribution in [1.29, 1.82) is 0 Å². The maximum atomic E-state index is 12.7. The average Bonchev–Trinajstić information content (AvgIpc) is 3.23. The lowest BCUT2D eigenvalue weighted by Crippen LogP contribution is -2.37. The second-order valence-electron chi connectivity index (χ2n) is 17.4. The van der Waals surface area contributed by atoms with E-state index >= 15 is 0 Å². The number of hydrogen-bond donors (Lipinski definition) is 0. The first kappa shape index (κ1) is 59.5. The van der Waals surface area contributed by atoms with Crippen molar-refractivity contribution in [3.05, 3.63) is 72.9 Å². The third-order valence-corrected chi connectivity index (χ3v) is 11.2. The highest BCUT2D eigenvalue weighted by Gasteiger charge is 2.21. The van der Waals surface area contributed by atoms with Crippen LogP contribution in [-0.4, -0.2) is 70.0 Å². The van der Waals surface area contributed by atoms with E-state index in [-0.39, 0.29) is 26.1 Å². The van der Waals surface area contributed by atoms with Gasteiger partial charge in [-0.05, 0) is 83.5 Å². The zero-order chi connectivity index (χ0) is 45.7. The molecule has 10 heteroatoms. The fourth-order valence-electron chi connectivity index (χ4n) is 6.38. The van der Waals surface area contributed by atoms with E-state index in [0.717, 1.165) is 70.6 Å². The Morgan fingerprint density at radius 3 is 1.40 bits per heavy atom. The van der Waals surface area contributed by atoms with Gasteiger partial charge in [0, 0.05) is 12.8 Å². The molecule has 62 heavy (non-hydrogen) atoms. The van der Waals surface area contributed by atoms with Gasteiger partial charge in [-0.2, -0.15) is 0 Å². The maximum absolute atomic E-state index is 12.7. The van der Waals surface area contributed by atoms with Gasteiger partial charge in [0.25, 0.3) is 7.82 Å². The molecule has 0 aliphatic heterocycles. The summed E-state index contributed by atoms with van der Waals surface area (Å²) in [4.78, 5) is 37.7. The van der Waals surface area contributed by atoms with Gasteiger partial charge < -0.3 is 27.9 Å². The third kappa shape index (κ3) is 46.9. The van der Waals surface area contributed by atoms with E-state index in [9.17, 15) is 19.0 Å². The number of carbonyl (C=O) groups excluding carboxylic acids is 2. The van der Waals surface area contributed by atoms with Crippen molar-refractivity contribution in [2.24, 2.45) is 0 Å². The normalized spacial score (nSPS) is 14.1. The molecule has 0 aromatic rings. The lowest BCUT2D eigenvalue weighted by molar-refractivity contribution is -0.870. The Bertz CT molecular complexity index is 1280. The van der Waals surface area contributed by atoms with Gasteiger partial charge in [-0.25, -0.2) is 0 Å². The highest BCUT2D eigenvalue weighted by atomic mass is 31.2. The zero-order valence-corrected chi connectivity index (χ0v) is 41.2. The van der Waals surface area contributed by atoms with Gasteiger partial charge >= 0.3 is 11.9 Å². The highest BCUT2D eigenvalue weighted by molar-refractivity contribution is 7.45. The van der Waals surface area contributed by atoms with Crippen molar-refractivity contribution in [3.63, 3.8) is 0 Å². The van der Waals surface area contributed by atoms with Crippen molar-refractivity contribution in [2.45, 2.75) is 200 Å². The minimum absolute atomic E-state index is 0.0399. The quantitative estimate of drug-likeness (QED) is 0.0195. The maximum Gasteiger partial charge on any atom is 0.306 e. The van der Waals surface area contributed by atoms with Crippen LogP contribution in [0.2, 0.25) is 0 Å². The van der Waals surface area contributed by atoms with Gasteiger partial charge in [0.05, 0.1) is 27.7 Å². The predicted octanol–water partition coefficient (Wildman–Crippen LogP) is 13.9. The summed E-state index contributed by atoms with van der Waals surface area (Å²) >= 11 is 0. The number of likely N-dealkylation sites (N-methyl/N-ethyl adjacent to an activating group) is 1. The molecule has 0 N–H and O–H groups in total. The number of hydrogen-bond acceptors (Lipinski definition) is 8. The number of unbranched alkanes of at least 4 members (excludes halogenated alkanes) is 18. The zero-order valence-electron chi connectivity index (χ0n) is 40.3. The Kier molecular flexibility index (Phi) is 41.9. The van der Waals surface area contributed by atoms with Crippen molar-refractivity contribution in [2.75, 3.05) is 47.5 Å². The van der Waals surface area contributed by atoms with Crippen LogP contribution in [0.4, 0.5) is 0 Å². The van der Waals surface area contributed by atoms with Crippen molar-refractivity contribution >= 4 is 19.8 Å². The second kappa shape index (κ2) is 43.7. The molecule has 0 aromatic heterocycles. The van der Waals surface area contributed by atoms with Gasteiger partial charge in [0.1, 0.15) is 19.8 Å². The number of carbonyl (C=O) groups is 2. The van der Waals surface area contributed by atoms with Crippen LogP contribution in [0.25, 0.3) is 0 Å². The summed E-state index contributed by atoms with van der Waals surface area (Å²) in [5, 5.41) is 0. The molecular formula is C52H92NO8P. The molecule has 0 aliphatic carbocycles. The first-order valence-corrected chi connectivity index (χ1v) is 26.1. The van der Waals surface area contributed by atoms with Gasteiger partial charge in [0.15, 0.2) is 6.10 Å². The van der Waals surface area contributed by atoms with E-state index in [2.05, 4.69) is 86.8 Å². The molecule has 0 fully saturated rings. The molecule has 0 aliphatic rings. The number of nitrogens with zero attached hydrogens (tertiary/aromatic N) is 1. The standard InChI is InChI=1S/C52H92NO8P/c1-6-8-10-12-14-16-18-20-22-24-26-28-30-32-34-36-38-40-42-44-51(54)58-48-50(49-60-62(56,57)59-47-46-53(3,4)5)61-52(55)45-43-41-39-37-35-33-31-29-27-25-23-21-19-17-15-13-11-9-7-2/h8,10,14,16,20-23,26,28,32,34,50H,6-7,9,11-13,15,17-19,24-25,27,29-31,33,35-49H2,1-5H3/b10-8+,16-14+,22-20+,23-21+,28-26+,34-32+/t50-/m1/s1. The molecule has 0 heterocycles. The Balaban J connectivity index is 4.36. The van der Waals surface area contributed by atoms with Gasteiger partial charge in [0.2, 0.25) is 0 Å². The van der Waals surface area contributed by atoms with Crippen LogP contribution in [0.5, 0.6) is 0 Å². The second-order valence-corrected chi connectivity index (χ2v) is 18.9. The van der Waals surface area contributed by atoms with E-state index in [4.69, 9.17) is 18.5 Å². The SMILES string of the molecule is CC/C=C/C/C=C/C/C=C/C/C=C/C/C=C/CCCCCC(=O)OC[C@H](COP(=O)([O-])OCC[N+](C)(C)C)OC(=O)CCCCCCCCCCC/C=C/CCCCCCCC. The third-order valence-electron chi connectivity index (χ3n) is 10.2. The lowest BCUT2D eigenvalue weighted by Gasteiger charge is -2.28. The molecule has 0 aromatic carbocycles. The number of ether oxygens (including phenoxy) is 2. The monoisotopic (exact) mass is 890 g/mol. The Morgan fingerprint density at radius 2 is 0.919 bits per heavy atom.